The van der Waals surface area contributed by atoms with E-state index in [2.05, 4.69) is 34.1 Å². The fourth-order valence-electron chi connectivity index (χ4n) is 2.23. The third-order valence-corrected chi connectivity index (χ3v) is 3.54. The minimum atomic E-state index is -0.205. The van der Waals surface area contributed by atoms with Gasteiger partial charge in [0.05, 0.1) is 11.5 Å². The highest BCUT2D eigenvalue weighted by Crippen LogP contribution is 2.40. The molecule has 1 aromatic rings. The van der Waals surface area contributed by atoms with Crippen LogP contribution in [0, 0.1) is 11.3 Å². The van der Waals surface area contributed by atoms with Crippen LogP contribution in [0.5, 0.6) is 0 Å². The Hall–Kier alpha value is -0.810. The zero-order valence-electron chi connectivity index (χ0n) is 7.96. The van der Waals surface area contributed by atoms with Gasteiger partial charge in [-0.15, -0.1) is 0 Å². The van der Waals surface area contributed by atoms with Crippen molar-refractivity contribution in [2.45, 2.75) is 31.1 Å². The van der Waals surface area contributed by atoms with Gasteiger partial charge in [0.1, 0.15) is 0 Å². The summed E-state index contributed by atoms with van der Waals surface area (Å²) in [6.45, 7) is 0. The third-order valence-electron chi connectivity index (χ3n) is 3.05. The minimum absolute atomic E-state index is 0.205. The fourth-order valence-corrected chi connectivity index (χ4v) is 2.63. The van der Waals surface area contributed by atoms with Gasteiger partial charge in [-0.05, 0) is 30.5 Å². The molecule has 0 unspecified atom stereocenters. The molecule has 0 bridgehead atoms. The molecule has 0 radical (unpaired) electrons. The number of nitriles is 1. The lowest BCUT2D eigenvalue weighted by molar-refractivity contribution is 0.572. The summed E-state index contributed by atoms with van der Waals surface area (Å²) >= 11 is 3.45. The van der Waals surface area contributed by atoms with Gasteiger partial charge in [-0.3, -0.25) is 0 Å². The van der Waals surface area contributed by atoms with E-state index in [-0.39, 0.29) is 5.41 Å². The van der Waals surface area contributed by atoms with Gasteiger partial charge in [0, 0.05) is 4.47 Å². The van der Waals surface area contributed by atoms with Crippen molar-refractivity contribution in [2.75, 3.05) is 0 Å². The molecule has 1 aliphatic rings. The normalized spacial score (nSPS) is 19.1. The van der Waals surface area contributed by atoms with Crippen LogP contribution in [0.15, 0.2) is 28.7 Å². The lowest BCUT2D eigenvalue weighted by Crippen LogP contribution is -2.18. The standard InChI is InChI=1S/C12H12BrN/c13-11-5-3-4-10(8-11)12(9-14)6-1-2-7-12/h3-5,8H,1-2,6-7H2. The van der Waals surface area contributed by atoms with Crippen LogP contribution in [0.3, 0.4) is 0 Å². The largest absolute Gasteiger partial charge is 0.197 e. The number of hydrogen-bond acceptors (Lipinski definition) is 1. The van der Waals surface area contributed by atoms with E-state index >= 15 is 0 Å². The summed E-state index contributed by atoms with van der Waals surface area (Å²) in [7, 11) is 0. The van der Waals surface area contributed by atoms with Gasteiger partial charge in [-0.1, -0.05) is 40.9 Å². The maximum absolute atomic E-state index is 9.30. The zero-order chi connectivity index (χ0) is 10.0. The zero-order valence-corrected chi connectivity index (χ0v) is 9.55. The lowest BCUT2D eigenvalue weighted by atomic mass is 9.80. The molecule has 1 fully saturated rings. The Morgan fingerprint density at radius 3 is 2.57 bits per heavy atom. The van der Waals surface area contributed by atoms with Crippen LogP contribution in [0.2, 0.25) is 0 Å². The molecule has 1 aromatic carbocycles. The molecule has 0 aliphatic heterocycles. The summed E-state index contributed by atoms with van der Waals surface area (Å²) in [5, 5.41) is 9.30. The molecule has 2 rings (SSSR count). The summed E-state index contributed by atoms with van der Waals surface area (Å²) in [6.07, 6.45) is 4.39. The lowest BCUT2D eigenvalue weighted by Gasteiger charge is -2.20. The Morgan fingerprint density at radius 1 is 1.29 bits per heavy atom. The second-order valence-electron chi connectivity index (χ2n) is 3.91. The molecule has 0 amide bonds. The van der Waals surface area contributed by atoms with Crippen molar-refractivity contribution < 1.29 is 0 Å². The summed E-state index contributed by atoms with van der Waals surface area (Å²) in [6, 6.07) is 10.7. The Morgan fingerprint density at radius 2 is 2.00 bits per heavy atom. The molecule has 1 saturated carbocycles. The Labute approximate surface area is 92.9 Å². The maximum Gasteiger partial charge on any atom is 0.0822 e. The second kappa shape index (κ2) is 3.74. The number of rotatable bonds is 1. The molecule has 0 aromatic heterocycles. The van der Waals surface area contributed by atoms with Crippen LogP contribution in [0.25, 0.3) is 0 Å². The summed E-state index contributed by atoms with van der Waals surface area (Å²) in [5.41, 5.74) is 0.968. The third kappa shape index (κ3) is 1.57. The first kappa shape index (κ1) is 9.73. The molecule has 0 heterocycles. The molecule has 1 aliphatic carbocycles. The van der Waals surface area contributed by atoms with Crippen LogP contribution in [0.4, 0.5) is 0 Å². The van der Waals surface area contributed by atoms with Gasteiger partial charge in [-0.25, -0.2) is 0 Å². The van der Waals surface area contributed by atoms with E-state index in [9.17, 15) is 5.26 Å². The molecule has 0 spiro atoms. The van der Waals surface area contributed by atoms with Crippen LogP contribution in [0.1, 0.15) is 31.2 Å². The van der Waals surface area contributed by atoms with Crippen molar-refractivity contribution in [1.29, 1.82) is 5.26 Å². The smallest absolute Gasteiger partial charge is 0.0822 e. The Bertz CT molecular complexity index is 372. The predicted molar refractivity (Wildman–Crippen MR) is 59.9 cm³/mol. The van der Waals surface area contributed by atoms with E-state index in [1.165, 1.54) is 18.4 Å². The molecular weight excluding hydrogens is 238 g/mol. The highest BCUT2D eigenvalue weighted by molar-refractivity contribution is 9.10. The quantitative estimate of drug-likeness (QED) is 0.743. The average molecular weight is 250 g/mol. The highest BCUT2D eigenvalue weighted by Gasteiger charge is 2.35. The second-order valence-corrected chi connectivity index (χ2v) is 4.83. The van der Waals surface area contributed by atoms with Crippen LogP contribution >= 0.6 is 15.9 Å². The topological polar surface area (TPSA) is 23.8 Å². The minimum Gasteiger partial charge on any atom is -0.197 e. The maximum atomic E-state index is 9.30. The Balaban J connectivity index is 2.42. The van der Waals surface area contributed by atoms with Crippen molar-refractivity contribution >= 4 is 15.9 Å². The first-order chi connectivity index (χ1) is 6.77. The van der Waals surface area contributed by atoms with Crippen LogP contribution in [-0.2, 0) is 5.41 Å². The van der Waals surface area contributed by atoms with Gasteiger partial charge in [0.15, 0.2) is 0 Å². The summed E-state index contributed by atoms with van der Waals surface area (Å²) in [4.78, 5) is 0. The Kier molecular flexibility index (Phi) is 2.60. The molecule has 0 atom stereocenters. The molecule has 14 heavy (non-hydrogen) atoms. The van der Waals surface area contributed by atoms with E-state index in [0.717, 1.165) is 17.3 Å². The highest BCUT2D eigenvalue weighted by atomic mass is 79.9. The van der Waals surface area contributed by atoms with Crippen molar-refractivity contribution in [3.05, 3.63) is 34.3 Å². The van der Waals surface area contributed by atoms with Gasteiger partial charge in [0.25, 0.3) is 0 Å². The predicted octanol–water partition coefficient (Wildman–Crippen LogP) is 3.78. The SMILES string of the molecule is N#CC1(c2cccc(Br)c2)CCCC1. The number of benzene rings is 1. The van der Waals surface area contributed by atoms with Gasteiger partial charge >= 0.3 is 0 Å². The molecule has 0 N–H and O–H groups in total. The van der Waals surface area contributed by atoms with Gasteiger partial charge < -0.3 is 0 Å². The summed E-state index contributed by atoms with van der Waals surface area (Å²) in [5.74, 6) is 0. The average Bonchev–Trinajstić information content (AvgIpc) is 2.67. The van der Waals surface area contributed by atoms with E-state index < -0.39 is 0 Å². The van der Waals surface area contributed by atoms with E-state index in [1.807, 2.05) is 12.1 Å². The number of halogens is 1. The van der Waals surface area contributed by atoms with Crippen LogP contribution in [-0.4, -0.2) is 0 Å². The molecule has 0 saturated heterocycles. The summed E-state index contributed by atoms with van der Waals surface area (Å²) < 4.78 is 1.07. The van der Waals surface area contributed by atoms with E-state index in [0.29, 0.717) is 0 Å². The van der Waals surface area contributed by atoms with E-state index in [1.54, 1.807) is 0 Å². The van der Waals surface area contributed by atoms with Crippen molar-refractivity contribution in [3.8, 4) is 6.07 Å². The van der Waals surface area contributed by atoms with Crippen molar-refractivity contribution in [3.63, 3.8) is 0 Å². The molecule has 1 nitrogen and oxygen atoms in total. The van der Waals surface area contributed by atoms with Crippen molar-refractivity contribution in [1.82, 2.24) is 0 Å². The molecule has 2 heteroatoms. The number of hydrogen-bond donors (Lipinski definition) is 0. The van der Waals surface area contributed by atoms with E-state index in [4.69, 9.17) is 0 Å². The first-order valence-corrected chi connectivity index (χ1v) is 5.73. The molecule has 72 valence electrons. The molecular formula is C12H12BrN. The van der Waals surface area contributed by atoms with Crippen molar-refractivity contribution in [2.24, 2.45) is 0 Å². The fraction of sp³-hybridized carbons (Fsp3) is 0.417. The monoisotopic (exact) mass is 249 g/mol. The van der Waals surface area contributed by atoms with Gasteiger partial charge in [0.2, 0.25) is 0 Å². The van der Waals surface area contributed by atoms with Crippen LogP contribution < -0.4 is 0 Å². The van der Waals surface area contributed by atoms with Gasteiger partial charge in [-0.2, -0.15) is 5.26 Å². The number of nitrogens with zero attached hydrogens (tertiary/aromatic N) is 1. The first-order valence-electron chi connectivity index (χ1n) is 4.94.